The SMILES string of the molecule is CN1CCc2nc(C(=O)Nc3ccccc3CNC(=O)c3ccc(Cl)[nH]3)sc2C1. The van der Waals surface area contributed by atoms with Gasteiger partial charge in [0.15, 0.2) is 5.01 Å². The van der Waals surface area contributed by atoms with E-state index in [0.29, 0.717) is 21.5 Å². The highest BCUT2D eigenvalue weighted by Crippen LogP contribution is 2.25. The van der Waals surface area contributed by atoms with Crippen LogP contribution >= 0.6 is 22.9 Å². The molecule has 4 rings (SSSR count). The third-order valence-corrected chi connectivity index (χ3v) is 6.02. The molecule has 0 unspecified atom stereocenters. The van der Waals surface area contributed by atoms with E-state index >= 15 is 0 Å². The number of aromatic amines is 1. The zero-order chi connectivity index (χ0) is 20.4. The van der Waals surface area contributed by atoms with E-state index in [1.807, 2.05) is 24.3 Å². The number of amides is 2. The van der Waals surface area contributed by atoms with Gasteiger partial charge in [-0.25, -0.2) is 4.98 Å². The van der Waals surface area contributed by atoms with Crippen molar-refractivity contribution in [3.8, 4) is 0 Å². The molecule has 3 N–H and O–H groups in total. The molecule has 2 aromatic heterocycles. The minimum Gasteiger partial charge on any atom is -0.347 e. The molecule has 0 radical (unpaired) electrons. The van der Waals surface area contributed by atoms with Crippen molar-refractivity contribution in [3.05, 3.63) is 68.4 Å². The van der Waals surface area contributed by atoms with E-state index in [1.54, 1.807) is 12.1 Å². The Morgan fingerprint density at radius 1 is 1.24 bits per heavy atom. The number of nitrogens with zero attached hydrogens (tertiary/aromatic N) is 2. The van der Waals surface area contributed by atoms with Crippen molar-refractivity contribution < 1.29 is 9.59 Å². The second-order valence-corrected chi connectivity index (χ2v) is 8.38. The highest BCUT2D eigenvalue weighted by Gasteiger charge is 2.22. The number of hydrogen-bond acceptors (Lipinski definition) is 5. The van der Waals surface area contributed by atoms with Gasteiger partial charge in [-0.15, -0.1) is 11.3 Å². The number of carbonyl (C=O) groups excluding carboxylic acids is 2. The van der Waals surface area contributed by atoms with Gasteiger partial charge in [-0.1, -0.05) is 29.8 Å². The Labute approximate surface area is 177 Å². The smallest absolute Gasteiger partial charge is 0.284 e. The van der Waals surface area contributed by atoms with Crippen LogP contribution in [0.3, 0.4) is 0 Å². The lowest BCUT2D eigenvalue weighted by Gasteiger charge is -2.20. The number of fused-ring (bicyclic) bond motifs is 1. The van der Waals surface area contributed by atoms with Crippen molar-refractivity contribution in [2.75, 3.05) is 18.9 Å². The summed E-state index contributed by atoms with van der Waals surface area (Å²) in [5.41, 5.74) is 2.85. The number of aromatic nitrogens is 2. The molecule has 7 nitrogen and oxygen atoms in total. The van der Waals surface area contributed by atoms with Gasteiger partial charge < -0.3 is 20.5 Å². The number of para-hydroxylation sites is 1. The first-order chi connectivity index (χ1) is 14.0. The predicted molar refractivity (Wildman–Crippen MR) is 114 cm³/mol. The second kappa shape index (κ2) is 8.36. The van der Waals surface area contributed by atoms with Gasteiger partial charge in [0.25, 0.3) is 11.8 Å². The molecule has 9 heteroatoms. The molecule has 1 aliphatic rings. The largest absolute Gasteiger partial charge is 0.347 e. The molecule has 0 fully saturated rings. The fraction of sp³-hybridized carbons (Fsp3) is 0.250. The highest BCUT2D eigenvalue weighted by molar-refractivity contribution is 7.13. The van der Waals surface area contributed by atoms with Gasteiger partial charge in [0, 0.05) is 36.6 Å². The monoisotopic (exact) mass is 429 g/mol. The molecule has 0 aliphatic carbocycles. The maximum atomic E-state index is 12.7. The quantitative estimate of drug-likeness (QED) is 0.580. The molecule has 0 saturated carbocycles. The van der Waals surface area contributed by atoms with E-state index in [9.17, 15) is 9.59 Å². The molecule has 1 aromatic carbocycles. The van der Waals surface area contributed by atoms with E-state index in [2.05, 4.69) is 32.5 Å². The van der Waals surface area contributed by atoms with Crippen molar-refractivity contribution in [2.45, 2.75) is 19.5 Å². The third-order valence-electron chi connectivity index (χ3n) is 4.72. The summed E-state index contributed by atoms with van der Waals surface area (Å²) in [6.45, 7) is 2.04. The van der Waals surface area contributed by atoms with Crippen molar-refractivity contribution >= 4 is 40.4 Å². The fourth-order valence-corrected chi connectivity index (χ4v) is 4.41. The number of rotatable bonds is 5. The minimum atomic E-state index is -0.269. The summed E-state index contributed by atoms with van der Waals surface area (Å²) >= 11 is 7.26. The fourth-order valence-electron chi connectivity index (χ4n) is 3.16. The molecule has 150 valence electrons. The van der Waals surface area contributed by atoms with Gasteiger partial charge in [-0.05, 0) is 30.8 Å². The average Bonchev–Trinajstić information content (AvgIpc) is 3.33. The third kappa shape index (κ3) is 4.50. The van der Waals surface area contributed by atoms with Crippen molar-refractivity contribution in [1.82, 2.24) is 20.2 Å². The number of anilines is 1. The van der Waals surface area contributed by atoms with Crippen molar-refractivity contribution in [3.63, 3.8) is 0 Å². The van der Waals surface area contributed by atoms with E-state index in [-0.39, 0.29) is 18.4 Å². The summed E-state index contributed by atoms with van der Waals surface area (Å²) in [7, 11) is 2.06. The molecule has 3 heterocycles. The van der Waals surface area contributed by atoms with Crippen LogP contribution < -0.4 is 10.6 Å². The van der Waals surface area contributed by atoms with Gasteiger partial charge in [0.2, 0.25) is 0 Å². The predicted octanol–water partition coefficient (Wildman–Crippen LogP) is 3.29. The Bertz CT molecular complexity index is 1060. The molecular formula is C20H20ClN5O2S. The van der Waals surface area contributed by atoms with Crippen LogP contribution in [0.1, 0.15) is 36.4 Å². The van der Waals surface area contributed by atoms with Crippen LogP contribution in [-0.4, -0.2) is 40.3 Å². The zero-order valence-corrected chi connectivity index (χ0v) is 17.4. The summed E-state index contributed by atoms with van der Waals surface area (Å²) < 4.78 is 0. The lowest BCUT2D eigenvalue weighted by Crippen LogP contribution is -2.25. The Hall–Kier alpha value is -2.68. The topological polar surface area (TPSA) is 90.1 Å². The van der Waals surface area contributed by atoms with Crippen LogP contribution in [-0.2, 0) is 19.5 Å². The van der Waals surface area contributed by atoms with Crippen molar-refractivity contribution in [1.29, 1.82) is 0 Å². The number of thiazole rings is 1. The van der Waals surface area contributed by atoms with Gasteiger partial charge >= 0.3 is 0 Å². The minimum absolute atomic E-state index is 0.234. The van der Waals surface area contributed by atoms with Crippen LogP contribution in [0.5, 0.6) is 0 Å². The van der Waals surface area contributed by atoms with Crippen LogP contribution in [0, 0.1) is 0 Å². The summed E-state index contributed by atoms with van der Waals surface area (Å²) in [4.78, 5) is 35.6. The summed E-state index contributed by atoms with van der Waals surface area (Å²) in [6.07, 6.45) is 0.862. The first-order valence-corrected chi connectivity index (χ1v) is 10.4. The van der Waals surface area contributed by atoms with Gasteiger partial charge in [-0.2, -0.15) is 0 Å². The molecule has 0 saturated heterocycles. The summed E-state index contributed by atoms with van der Waals surface area (Å²) in [6, 6.07) is 10.6. The average molecular weight is 430 g/mol. The number of halogens is 1. The van der Waals surface area contributed by atoms with Gasteiger partial charge in [-0.3, -0.25) is 9.59 Å². The molecule has 29 heavy (non-hydrogen) atoms. The Kier molecular flexibility index (Phi) is 5.66. The normalized spacial score (nSPS) is 13.7. The standard InChI is InChI=1S/C20H20ClN5O2S/c1-26-9-8-14-16(11-26)29-20(25-14)19(28)24-13-5-3-2-4-12(13)10-22-18(27)15-6-7-17(21)23-15/h2-7,23H,8-11H2,1H3,(H,22,27)(H,24,28). The summed E-state index contributed by atoms with van der Waals surface area (Å²) in [5.74, 6) is -0.503. The van der Waals surface area contributed by atoms with Crippen molar-refractivity contribution in [2.24, 2.45) is 0 Å². The number of hydrogen-bond donors (Lipinski definition) is 3. The Balaban J connectivity index is 1.44. The summed E-state index contributed by atoms with van der Waals surface area (Å²) in [5, 5.41) is 6.62. The van der Waals surface area contributed by atoms with E-state index in [4.69, 9.17) is 11.6 Å². The van der Waals surface area contributed by atoms with Crippen LogP contribution in [0.4, 0.5) is 5.69 Å². The Morgan fingerprint density at radius 2 is 2.07 bits per heavy atom. The number of benzene rings is 1. The molecule has 2 amide bonds. The van der Waals surface area contributed by atoms with Crippen LogP contribution in [0.25, 0.3) is 0 Å². The van der Waals surface area contributed by atoms with Crippen LogP contribution in [0.15, 0.2) is 36.4 Å². The van der Waals surface area contributed by atoms with E-state index in [0.717, 1.165) is 35.6 Å². The first kappa shape index (κ1) is 19.6. The molecule has 1 aliphatic heterocycles. The second-order valence-electron chi connectivity index (χ2n) is 6.89. The number of H-pyrrole nitrogens is 1. The van der Waals surface area contributed by atoms with Crippen LogP contribution in [0.2, 0.25) is 5.15 Å². The molecule has 0 spiro atoms. The number of likely N-dealkylation sites (N-methyl/N-ethyl adjacent to an activating group) is 1. The number of nitrogens with one attached hydrogen (secondary N) is 3. The highest BCUT2D eigenvalue weighted by atomic mass is 35.5. The first-order valence-electron chi connectivity index (χ1n) is 9.18. The number of carbonyl (C=O) groups is 2. The zero-order valence-electron chi connectivity index (χ0n) is 15.8. The van der Waals surface area contributed by atoms with E-state index < -0.39 is 0 Å². The maximum Gasteiger partial charge on any atom is 0.284 e. The van der Waals surface area contributed by atoms with E-state index in [1.165, 1.54) is 11.3 Å². The Morgan fingerprint density at radius 3 is 2.86 bits per heavy atom. The molecular weight excluding hydrogens is 410 g/mol. The molecule has 0 atom stereocenters. The van der Waals surface area contributed by atoms with Gasteiger partial charge in [0.05, 0.1) is 5.69 Å². The molecule has 0 bridgehead atoms. The lowest BCUT2D eigenvalue weighted by atomic mass is 10.1. The van der Waals surface area contributed by atoms with Gasteiger partial charge in [0.1, 0.15) is 10.8 Å². The molecule has 3 aromatic rings. The lowest BCUT2D eigenvalue weighted by molar-refractivity contribution is 0.0946. The maximum absolute atomic E-state index is 12.7.